The Bertz CT molecular complexity index is 317. The fourth-order valence-corrected chi connectivity index (χ4v) is 1.05. The van der Waals surface area contributed by atoms with E-state index in [0.717, 1.165) is 11.3 Å². The van der Waals surface area contributed by atoms with Crippen LogP contribution in [-0.2, 0) is 0 Å². The summed E-state index contributed by atoms with van der Waals surface area (Å²) in [6.07, 6.45) is 0. The molecule has 0 aliphatic carbocycles. The molecule has 0 aromatic heterocycles. The predicted molar refractivity (Wildman–Crippen MR) is 51.3 cm³/mol. The number of benzene rings is 1. The maximum Gasteiger partial charge on any atom is 0.137 e. The molecule has 0 saturated carbocycles. The van der Waals surface area contributed by atoms with Crippen LogP contribution in [0.4, 0.5) is 5.69 Å². The number of aliphatic hydroxyl groups excluding tert-OH is 1. The van der Waals surface area contributed by atoms with Crippen LogP contribution in [0.2, 0.25) is 0 Å². The fourth-order valence-electron chi connectivity index (χ4n) is 1.05. The summed E-state index contributed by atoms with van der Waals surface area (Å²) in [6, 6.07) is 9.11. The lowest BCUT2D eigenvalue weighted by molar-refractivity contribution is 0.293. The molecule has 1 rings (SSSR count). The Morgan fingerprint density at radius 3 is 2.92 bits per heavy atom. The van der Waals surface area contributed by atoms with Crippen molar-refractivity contribution >= 4 is 5.69 Å². The number of aryl methyl sites for hydroxylation is 1. The topological polar surface area (TPSA) is 56.0 Å². The molecule has 2 N–H and O–H groups in total. The Morgan fingerprint density at radius 2 is 2.38 bits per heavy atom. The van der Waals surface area contributed by atoms with Crippen LogP contribution < -0.4 is 5.32 Å². The van der Waals surface area contributed by atoms with Gasteiger partial charge in [-0.3, -0.25) is 0 Å². The highest BCUT2D eigenvalue weighted by atomic mass is 16.3. The monoisotopic (exact) mass is 176 g/mol. The third-order valence-electron chi connectivity index (χ3n) is 1.70. The zero-order valence-electron chi connectivity index (χ0n) is 7.49. The fraction of sp³-hybridized carbons (Fsp3) is 0.300. The van der Waals surface area contributed by atoms with Gasteiger partial charge in [0, 0.05) is 5.69 Å². The van der Waals surface area contributed by atoms with Gasteiger partial charge in [0.1, 0.15) is 6.04 Å². The molecule has 0 aliphatic rings. The Hall–Kier alpha value is -1.53. The molecule has 13 heavy (non-hydrogen) atoms. The van der Waals surface area contributed by atoms with E-state index in [-0.39, 0.29) is 6.61 Å². The first-order valence-corrected chi connectivity index (χ1v) is 4.10. The number of hydrogen-bond donors (Lipinski definition) is 2. The standard InChI is InChI=1S/C10H12N2O/c1-8-3-2-4-9(5-8)12-10(6-11)7-13/h2-5,10,12-13H,7H2,1H3. The summed E-state index contributed by atoms with van der Waals surface area (Å²) in [4.78, 5) is 0. The van der Waals surface area contributed by atoms with Crippen LogP contribution in [0.5, 0.6) is 0 Å². The SMILES string of the molecule is Cc1cccc(NC(C#N)CO)c1. The van der Waals surface area contributed by atoms with Gasteiger partial charge in [-0.1, -0.05) is 12.1 Å². The average molecular weight is 176 g/mol. The highest BCUT2D eigenvalue weighted by molar-refractivity contribution is 5.47. The molecule has 0 radical (unpaired) electrons. The van der Waals surface area contributed by atoms with Crippen molar-refractivity contribution in [2.45, 2.75) is 13.0 Å². The number of hydrogen-bond acceptors (Lipinski definition) is 3. The molecule has 1 unspecified atom stereocenters. The summed E-state index contributed by atoms with van der Waals surface area (Å²) < 4.78 is 0. The molecule has 1 aromatic carbocycles. The smallest absolute Gasteiger partial charge is 0.137 e. The van der Waals surface area contributed by atoms with E-state index in [1.54, 1.807) is 0 Å². The van der Waals surface area contributed by atoms with Gasteiger partial charge in [0.2, 0.25) is 0 Å². The maximum absolute atomic E-state index is 8.77. The molecule has 0 amide bonds. The molecule has 1 atom stereocenters. The van der Waals surface area contributed by atoms with Gasteiger partial charge < -0.3 is 10.4 Å². The van der Waals surface area contributed by atoms with E-state index in [1.807, 2.05) is 37.3 Å². The van der Waals surface area contributed by atoms with Gasteiger partial charge in [-0.05, 0) is 24.6 Å². The van der Waals surface area contributed by atoms with Crippen LogP contribution in [0.25, 0.3) is 0 Å². The van der Waals surface area contributed by atoms with Gasteiger partial charge >= 0.3 is 0 Å². The number of nitrogens with zero attached hydrogens (tertiary/aromatic N) is 1. The molecule has 3 nitrogen and oxygen atoms in total. The third-order valence-corrected chi connectivity index (χ3v) is 1.70. The average Bonchev–Trinajstić information content (AvgIpc) is 2.14. The van der Waals surface area contributed by atoms with Crippen molar-refractivity contribution in [1.29, 1.82) is 5.26 Å². The lowest BCUT2D eigenvalue weighted by Gasteiger charge is -2.09. The largest absolute Gasteiger partial charge is 0.393 e. The van der Waals surface area contributed by atoms with Crippen molar-refractivity contribution in [1.82, 2.24) is 0 Å². The molecule has 0 spiro atoms. The first kappa shape index (κ1) is 9.56. The Labute approximate surface area is 77.6 Å². The van der Waals surface area contributed by atoms with Crippen molar-refractivity contribution in [3.63, 3.8) is 0 Å². The van der Waals surface area contributed by atoms with Gasteiger partial charge in [-0.25, -0.2) is 0 Å². The van der Waals surface area contributed by atoms with Crippen LogP contribution >= 0.6 is 0 Å². The van der Waals surface area contributed by atoms with E-state index >= 15 is 0 Å². The second-order valence-electron chi connectivity index (χ2n) is 2.88. The number of rotatable bonds is 3. The minimum absolute atomic E-state index is 0.176. The first-order valence-electron chi connectivity index (χ1n) is 4.10. The lowest BCUT2D eigenvalue weighted by atomic mass is 10.2. The van der Waals surface area contributed by atoms with E-state index in [2.05, 4.69) is 5.32 Å². The summed E-state index contributed by atoms with van der Waals surface area (Å²) in [5, 5.41) is 20.3. The molecule has 0 fully saturated rings. The summed E-state index contributed by atoms with van der Waals surface area (Å²) in [7, 11) is 0. The Balaban J connectivity index is 2.69. The Morgan fingerprint density at radius 1 is 1.62 bits per heavy atom. The zero-order valence-corrected chi connectivity index (χ0v) is 7.49. The number of nitrogens with one attached hydrogen (secondary N) is 1. The van der Waals surface area contributed by atoms with Gasteiger partial charge in [0.25, 0.3) is 0 Å². The number of anilines is 1. The second kappa shape index (κ2) is 4.48. The third kappa shape index (κ3) is 2.77. The molecule has 3 heteroatoms. The minimum atomic E-state index is -0.526. The van der Waals surface area contributed by atoms with Crippen LogP contribution in [0.1, 0.15) is 5.56 Å². The summed E-state index contributed by atoms with van der Waals surface area (Å²) in [5.41, 5.74) is 1.99. The highest BCUT2D eigenvalue weighted by Crippen LogP contribution is 2.10. The van der Waals surface area contributed by atoms with Crippen LogP contribution in [0, 0.1) is 18.3 Å². The van der Waals surface area contributed by atoms with E-state index in [4.69, 9.17) is 10.4 Å². The van der Waals surface area contributed by atoms with Crippen LogP contribution in [-0.4, -0.2) is 17.8 Å². The molecule has 0 heterocycles. The lowest BCUT2D eigenvalue weighted by Crippen LogP contribution is -2.21. The van der Waals surface area contributed by atoms with E-state index in [1.165, 1.54) is 0 Å². The predicted octanol–water partition coefficient (Wildman–Crippen LogP) is 1.29. The number of nitriles is 1. The van der Waals surface area contributed by atoms with Crippen molar-refractivity contribution in [3.8, 4) is 6.07 Å². The molecular weight excluding hydrogens is 164 g/mol. The van der Waals surface area contributed by atoms with Crippen molar-refractivity contribution in [2.75, 3.05) is 11.9 Å². The molecule has 0 bridgehead atoms. The van der Waals surface area contributed by atoms with Crippen molar-refractivity contribution in [2.24, 2.45) is 0 Å². The van der Waals surface area contributed by atoms with Crippen LogP contribution in [0.15, 0.2) is 24.3 Å². The van der Waals surface area contributed by atoms with Crippen molar-refractivity contribution in [3.05, 3.63) is 29.8 Å². The molecule has 1 aromatic rings. The molecular formula is C10H12N2O. The zero-order chi connectivity index (χ0) is 9.68. The van der Waals surface area contributed by atoms with Gasteiger partial charge in [-0.2, -0.15) is 5.26 Å². The minimum Gasteiger partial charge on any atom is -0.393 e. The van der Waals surface area contributed by atoms with Gasteiger partial charge in [-0.15, -0.1) is 0 Å². The quantitative estimate of drug-likeness (QED) is 0.729. The van der Waals surface area contributed by atoms with Crippen LogP contribution in [0.3, 0.4) is 0 Å². The van der Waals surface area contributed by atoms with E-state index in [0.29, 0.717) is 0 Å². The molecule has 0 aliphatic heterocycles. The van der Waals surface area contributed by atoms with E-state index < -0.39 is 6.04 Å². The Kier molecular flexibility index (Phi) is 3.30. The summed E-state index contributed by atoms with van der Waals surface area (Å²) in [5.74, 6) is 0. The summed E-state index contributed by atoms with van der Waals surface area (Å²) >= 11 is 0. The maximum atomic E-state index is 8.77. The van der Waals surface area contributed by atoms with Gasteiger partial charge in [0.15, 0.2) is 0 Å². The summed E-state index contributed by atoms with van der Waals surface area (Å²) in [6.45, 7) is 1.80. The van der Waals surface area contributed by atoms with Crippen molar-refractivity contribution < 1.29 is 5.11 Å². The molecule has 68 valence electrons. The highest BCUT2D eigenvalue weighted by Gasteiger charge is 2.03. The van der Waals surface area contributed by atoms with Gasteiger partial charge in [0.05, 0.1) is 12.7 Å². The first-order chi connectivity index (χ1) is 6.26. The normalized spacial score (nSPS) is 11.8. The number of aliphatic hydroxyl groups is 1. The second-order valence-corrected chi connectivity index (χ2v) is 2.88. The molecule has 0 saturated heterocycles. The van der Waals surface area contributed by atoms with E-state index in [9.17, 15) is 0 Å².